The Bertz CT molecular complexity index is 1480. The second-order valence-corrected chi connectivity index (χ2v) is 14.3. The van der Waals surface area contributed by atoms with E-state index in [0.717, 1.165) is 60.8 Å². The number of aliphatic hydroxyl groups is 2. The molecule has 260 valence electrons. The summed E-state index contributed by atoms with van der Waals surface area (Å²) in [5.74, 6) is -1.46. The van der Waals surface area contributed by atoms with Gasteiger partial charge >= 0.3 is 0 Å². The van der Waals surface area contributed by atoms with Crippen molar-refractivity contribution < 1.29 is 19.8 Å². The highest BCUT2D eigenvalue weighted by molar-refractivity contribution is 6.24. The molecule has 1 aromatic carbocycles. The Kier molecular flexibility index (Phi) is 16.6. The highest BCUT2D eigenvalue weighted by Crippen LogP contribution is 2.47. The predicted octanol–water partition coefficient (Wildman–Crippen LogP) is 12.2. The van der Waals surface area contributed by atoms with Crippen molar-refractivity contribution in [3.8, 4) is 0 Å². The molecule has 0 spiro atoms. The number of carbonyl (C=O) groups is 2. The molecule has 2 rings (SSSR count). The van der Waals surface area contributed by atoms with Crippen molar-refractivity contribution in [3.63, 3.8) is 0 Å². The third-order valence-corrected chi connectivity index (χ3v) is 8.94. The number of hydrogen-bond donors (Lipinski definition) is 2. The van der Waals surface area contributed by atoms with Crippen LogP contribution in [0.25, 0.3) is 0 Å². The monoisotopic (exact) mass is 652 g/mol. The molecule has 48 heavy (non-hydrogen) atoms. The summed E-state index contributed by atoms with van der Waals surface area (Å²) in [4.78, 5) is 28.6. The summed E-state index contributed by atoms with van der Waals surface area (Å²) in [5, 5.41) is 23.8. The van der Waals surface area contributed by atoms with E-state index < -0.39 is 22.7 Å². The van der Waals surface area contributed by atoms with E-state index in [1.807, 2.05) is 55.5 Å². The van der Waals surface area contributed by atoms with Gasteiger partial charge in [-0.3, -0.25) is 9.59 Å². The minimum atomic E-state index is -1.40. The lowest BCUT2D eigenvalue weighted by Crippen LogP contribution is -2.41. The molecule has 0 heterocycles. The summed E-state index contributed by atoms with van der Waals surface area (Å²) in [6, 6.07) is 9.29. The first-order chi connectivity index (χ1) is 22.7. The predicted molar refractivity (Wildman–Crippen MR) is 203 cm³/mol. The van der Waals surface area contributed by atoms with Crippen LogP contribution in [0.15, 0.2) is 123 Å². The van der Waals surface area contributed by atoms with Gasteiger partial charge < -0.3 is 10.2 Å². The van der Waals surface area contributed by atoms with Crippen LogP contribution in [0, 0.1) is 5.41 Å². The lowest BCUT2D eigenvalue weighted by atomic mass is 9.66. The minimum Gasteiger partial charge on any atom is -0.511 e. The van der Waals surface area contributed by atoms with E-state index in [0.29, 0.717) is 0 Å². The van der Waals surface area contributed by atoms with Crippen LogP contribution in [0.3, 0.4) is 0 Å². The number of carbonyl (C=O) groups excluding carboxylic acids is 2. The van der Waals surface area contributed by atoms with Crippen molar-refractivity contribution in [1.29, 1.82) is 0 Å². The summed E-state index contributed by atoms with van der Waals surface area (Å²) in [7, 11) is 0. The highest BCUT2D eigenvalue weighted by Gasteiger charge is 2.50. The maximum atomic E-state index is 14.7. The molecule has 2 N–H and O–H groups in total. The molecule has 0 atom stereocenters. The Morgan fingerprint density at radius 1 is 0.646 bits per heavy atom. The van der Waals surface area contributed by atoms with Gasteiger partial charge in [-0.2, -0.15) is 0 Å². The molecule has 0 aliphatic heterocycles. The minimum absolute atomic E-state index is 0.0111. The van der Waals surface area contributed by atoms with Gasteiger partial charge in [0.2, 0.25) is 0 Å². The number of benzene rings is 1. The van der Waals surface area contributed by atoms with E-state index in [1.165, 1.54) is 16.7 Å². The van der Waals surface area contributed by atoms with Crippen LogP contribution in [-0.2, 0) is 16.0 Å². The maximum absolute atomic E-state index is 14.7. The van der Waals surface area contributed by atoms with Gasteiger partial charge in [-0.1, -0.05) is 100 Å². The van der Waals surface area contributed by atoms with Crippen molar-refractivity contribution in [2.45, 2.75) is 127 Å². The van der Waals surface area contributed by atoms with Crippen LogP contribution in [0.4, 0.5) is 0 Å². The summed E-state index contributed by atoms with van der Waals surface area (Å²) >= 11 is 0. The molecule has 0 saturated heterocycles. The fourth-order valence-electron chi connectivity index (χ4n) is 5.83. The normalized spacial score (nSPS) is 15.4. The molecule has 4 heteroatoms. The Balaban J connectivity index is 2.71. The molecule has 0 radical (unpaired) electrons. The Morgan fingerprint density at radius 3 is 1.52 bits per heavy atom. The first kappa shape index (κ1) is 40.3. The summed E-state index contributed by atoms with van der Waals surface area (Å²) in [6.07, 6.45) is 18.5. The van der Waals surface area contributed by atoms with Crippen LogP contribution < -0.4 is 0 Å². The first-order valence-corrected chi connectivity index (χ1v) is 17.5. The van der Waals surface area contributed by atoms with Gasteiger partial charge in [-0.05, 0) is 126 Å². The van der Waals surface area contributed by atoms with E-state index in [4.69, 9.17) is 0 Å². The SMILES string of the molecule is CC(C)=CCC/C(C)=C/CC1=C(O)C(C/C=C(\C)CCC=C(C)C)(C/C=C(\C)CCC=C(C)C)C(=O)C(C(=O)Cc2ccccc2)=C1O. The molecular formula is C44H60O4. The first-order valence-electron chi connectivity index (χ1n) is 17.5. The van der Waals surface area contributed by atoms with E-state index in [9.17, 15) is 19.8 Å². The third kappa shape index (κ3) is 12.6. The van der Waals surface area contributed by atoms with Gasteiger partial charge in [-0.15, -0.1) is 0 Å². The molecule has 1 aliphatic carbocycles. The standard InChI is InChI=1S/C44H60O4/c1-31(2)16-13-19-34(7)24-25-38-41(46)40(39(45)30-37-22-11-10-12-23-37)43(48)44(42(38)47,28-26-35(8)20-14-17-32(3)4)29-27-36(9)21-15-18-33(5)6/h10-12,16-18,22-24,26-27,46-47H,13-15,19-21,25,28-30H2,1-9H3/b34-24+,35-26+,36-27+. The van der Waals surface area contributed by atoms with Crippen LogP contribution in [0.2, 0.25) is 0 Å². The van der Waals surface area contributed by atoms with Gasteiger partial charge in [0.05, 0.1) is 5.41 Å². The van der Waals surface area contributed by atoms with Gasteiger partial charge in [0, 0.05) is 12.0 Å². The summed E-state index contributed by atoms with van der Waals surface area (Å²) in [5.41, 5.74) is 6.55. The number of ketones is 2. The summed E-state index contributed by atoms with van der Waals surface area (Å²) < 4.78 is 0. The number of hydrogen-bond acceptors (Lipinski definition) is 4. The lowest BCUT2D eigenvalue weighted by Gasteiger charge is -2.36. The van der Waals surface area contributed by atoms with E-state index in [-0.39, 0.29) is 42.6 Å². The Labute approximate surface area is 291 Å². The molecular weight excluding hydrogens is 592 g/mol. The fourth-order valence-corrected chi connectivity index (χ4v) is 5.83. The van der Waals surface area contributed by atoms with Gasteiger partial charge in [0.25, 0.3) is 0 Å². The van der Waals surface area contributed by atoms with Crippen molar-refractivity contribution in [2.24, 2.45) is 5.41 Å². The van der Waals surface area contributed by atoms with Crippen molar-refractivity contribution in [3.05, 3.63) is 128 Å². The highest BCUT2D eigenvalue weighted by atomic mass is 16.3. The maximum Gasteiger partial charge on any atom is 0.184 e. The van der Waals surface area contributed by atoms with Crippen molar-refractivity contribution in [2.75, 3.05) is 0 Å². The molecule has 0 unspecified atom stereocenters. The van der Waals surface area contributed by atoms with Gasteiger partial charge in [0.15, 0.2) is 11.6 Å². The third-order valence-electron chi connectivity index (χ3n) is 8.94. The van der Waals surface area contributed by atoms with Crippen molar-refractivity contribution in [1.82, 2.24) is 0 Å². The Morgan fingerprint density at radius 2 is 1.08 bits per heavy atom. The van der Waals surface area contributed by atoms with E-state index in [2.05, 4.69) is 73.6 Å². The van der Waals surface area contributed by atoms with E-state index >= 15 is 0 Å². The molecule has 0 fully saturated rings. The molecule has 1 aliphatic rings. The molecule has 1 aromatic rings. The van der Waals surface area contributed by atoms with Crippen LogP contribution in [0.5, 0.6) is 0 Å². The molecule has 0 amide bonds. The van der Waals surface area contributed by atoms with Crippen LogP contribution >= 0.6 is 0 Å². The Hall–Kier alpha value is -3.92. The second-order valence-electron chi connectivity index (χ2n) is 14.3. The van der Waals surface area contributed by atoms with Gasteiger partial charge in [0.1, 0.15) is 17.1 Å². The average Bonchev–Trinajstić information content (AvgIpc) is 3.00. The molecule has 4 nitrogen and oxygen atoms in total. The average molecular weight is 653 g/mol. The zero-order valence-electron chi connectivity index (χ0n) is 31.1. The molecule has 0 aromatic heterocycles. The van der Waals surface area contributed by atoms with Gasteiger partial charge in [-0.25, -0.2) is 0 Å². The lowest BCUT2D eigenvalue weighted by molar-refractivity contribution is -0.128. The zero-order chi connectivity index (χ0) is 35.9. The van der Waals surface area contributed by atoms with Crippen LogP contribution in [0.1, 0.15) is 126 Å². The second kappa shape index (κ2) is 19.8. The topological polar surface area (TPSA) is 74.6 Å². The summed E-state index contributed by atoms with van der Waals surface area (Å²) in [6.45, 7) is 18.6. The fraction of sp³-hybridized carbons (Fsp3) is 0.455. The quantitative estimate of drug-likeness (QED) is 0.122. The number of rotatable bonds is 18. The number of Topliss-reactive ketones (excluding diaryl/α,β-unsaturated/α-hetero) is 2. The zero-order valence-corrected chi connectivity index (χ0v) is 31.1. The number of aliphatic hydroxyl groups excluding tert-OH is 2. The molecule has 0 saturated carbocycles. The van der Waals surface area contributed by atoms with Crippen LogP contribution in [-0.4, -0.2) is 21.8 Å². The molecule has 0 bridgehead atoms. The number of allylic oxidation sites excluding steroid dienone is 15. The largest absolute Gasteiger partial charge is 0.511 e. The smallest absolute Gasteiger partial charge is 0.184 e. The van der Waals surface area contributed by atoms with E-state index in [1.54, 1.807) is 0 Å². The van der Waals surface area contributed by atoms with Crippen molar-refractivity contribution >= 4 is 11.6 Å².